The van der Waals surface area contributed by atoms with Crippen molar-refractivity contribution in [2.45, 2.75) is 32.2 Å². The van der Waals surface area contributed by atoms with Crippen molar-refractivity contribution < 1.29 is 4.39 Å². The lowest BCUT2D eigenvalue weighted by molar-refractivity contribution is 0.585. The molecule has 0 saturated heterocycles. The van der Waals surface area contributed by atoms with Crippen LogP contribution in [-0.4, -0.2) is 4.98 Å². The van der Waals surface area contributed by atoms with Gasteiger partial charge in [-0.25, -0.2) is 4.39 Å². The lowest BCUT2D eigenvalue weighted by Gasteiger charge is -2.27. The summed E-state index contributed by atoms with van der Waals surface area (Å²) in [6, 6.07) is 8.50. The predicted octanol–water partition coefficient (Wildman–Crippen LogP) is 3.31. The van der Waals surface area contributed by atoms with E-state index in [-0.39, 0.29) is 17.4 Å². The second-order valence-electron chi connectivity index (χ2n) is 5.36. The Hall–Kier alpha value is -2.10. The Bertz CT molecular complexity index is 673. The first-order chi connectivity index (χ1) is 9.61. The van der Waals surface area contributed by atoms with E-state index >= 15 is 0 Å². The molecular formula is C16H17FN2O. The van der Waals surface area contributed by atoms with Gasteiger partial charge in [0.05, 0.1) is 6.04 Å². The van der Waals surface area contributed by atoms with Crippen molar-refractivity contribution >= 4 is 5.69 Å². The number of hydrogen-bond acceptors (Lipinski definition) is 2. The molecule has 0 aliphatic heterocycles. The first-order valence-electron chi connectivity index (χ1n) is 6.87. The molecule has 2 aromatic rings. The number of fused-ring (bicyclic) bond motifs is 1. The molecule has 0 radical (unpaired) electrons. The molecule has 0 bridgehead atoms. The Balaban J connectivity index is 1.91. The first-order valence-corrected chi connectivity index (χ1v) is 6.87. The lowest BCUT2D eigenvalue weighted by atomic mass is 9.91. The van der Waals surface area contributed by atoms with E-state index in [1.54, 1.807) is 6.07 Å². The maximum atomic E-state index is 13.4. The van der Waals surface area contributed by atoms with Crippen LogP contribution in [0.5, 0.6) is 0 Å². The molecule has 1 aromatic heterocycles. The van der Waals surface area contributed by atoms with E-state index in [9.17, 15) is 9.18 Å². The van der Waals surface area contributed by atoms with Gasteiger partial charge in [-0.2, -0.15) is 0 Å². The Morgan fingerprint density at radius 2 is 2.15 bits per heavy atom. The molecule has 104 valence electrons. The molecule has 3 rings (SSSR count). The number of pyridine rings is 1. The lowest BCUT2D eigenvalue weighted by Crippen LogP contribution is -2.21. The topological polar surface area (TPSA) is 44.9 Å². The molecule has 1 unspecified atom stereocenters. The monoisotopic (exact) mass is 272 g/mol. The summed E-state index contributed by atoms with van der Waals surface area (Å²) in [4.78, 5) is 14.3. The summed E-state index contributed by atoms with van der Waals surface area (Å²) in [6.07, 6.45) is 2.89. The van der Waals surface area contributed by atoms with Crippen LogP contribution in [0, 0.1) is 12.7 Å². The Labute approximate surface area is 116 Å². The van der Waals surface area contributed by atoms with Gasteiger partial charge < -0.3 is 10.3 Å². The fourth-order valence-corrected chi connectivity index (χ4v) is 2.87. The molecule has 0 saturated carbocycles. The van der Waals surface area contributed by atoms with Crippen molar-refractivity contribution in [2.24, 2.45) is 0 Å². The Kier molecular flexibility index (Phi) is 3.30. The van der Waals surface area contributed by atoms with E-state index in [1.807, 2.05) is 19.1 Å². The molecular weight excluding hydrogens is 255 g/mol. The third-order valence-electron chi connectivity index (χ3n) is 3.71. The normalized spacial score (nSPS) is 17.6. The van der Waals surface area contributed by atoms with Crippen LogP contribution in [0.15, 0.2) is 35.1 Å². The molecule has 3 nitrogen and oxygen atoms in total. The number of aromatic nitrogens is 1. The number of aromatic amines is 1. The number of halogens is 1. The molecule has 1 aliphatic rings. The second-order valence-corrected chi connectivity index (χ2v) is 5.36. The fourth-order valence-electron chi connectivity index (χ4n) is 2.87. The standard InChI is InChI=1S/C16H17FN2O/c1-10-7-11(17)9-12(8-10)18-14-3-2-4-15-13(14)5-6-16(20)19-15/h5-9,14,18H,2-4H2,1H3,(H,19,20). The number of anilines is 1. The van der Waals surface area contributed by atoms with Crippen LogP contribution >= 0.6 is 0 Å². The van der Waals surface area contributed by atoms with Crippen LogP contribution in [0.25, 0.3) is 0 Å². The van der Waals surface area contributed by atoms with Gasteiger partial charge in [0.2, 0.25) is 5.56 Å². The zero-order valence-corrected chi connectivity index (χ0v) is 11.4. The Morgan fingerprint density at radius 3 is 2.95 bits per heavy atom. The van der Waals surface area contributed by atoms with Gasteiger partial charge in [0, 0.05) is 17.4 Å². The van der Waals surface area contributed by atoms with Crippen LogP contribution in [0.2, 0.25) is 0 Å². The summed E-state index contributed by atoms with van der Waals surface area (Å²) in [7, 11) is 0. The molecule has 0 spiro atoms. The van der Waals surface area contributed by atoms with E-state index in [4.69, 9.17) is 0 Å². The van der Waals surface area contributed by atoms with Crippen molar-refractivity contribution in [3.8, 4) is 0 Å². The first kappa shape index (κ1) is 12.9. The van der Waals surface area contributed by atoms with Gasteiger partial charge in [-0.3, -0.25) is 4.79 Å². The minimum atomic E-state index is -0.231. The van der Waals surface area contributed by atoms with E-state index in [0.29, 0.717) is 0 Å². The highest BCUT2D eigenvalue weighted by atomic mass is 19.1. The summed E-state index contributed by atoms with van der Waals surface area (Å²) < 4.78 is 13.4. The molecule has 1 aromatic carbocycles. The minimum Gasteiger partial charge on any atom is -0.378 e. The van der Waals surface area contributed by atoms with Gasteiger partial charge in [0.15, 0.2) is 0 Å². The highest BCUT2D eigenvalue weighted by molar-refractivity contribution is 5.48. The van der Waals surface area contributed by atoms with Gasteiger partial charge >= 0.3 is 0 Å². The van der Waals surface area contributed by atoms with Crippen LogP contribution in [0.4, 0.5) is 10.1 Å². The molecule has 2 N–H and O–H groups in total. The molecule has 1 atom stereocenters. The van der Waals surface area contributed by atoms with Crippen molar-refractivity contribution in [1.82, 2.24) is 4.98 Å². The third kappa shape index (κ3) is 2.59. The van der Waals surface area contributed by atoms with Gasteiger partial charge in [-0.05, 0) is 61.6 Å². The van der Waals surface area contributed by atoms with Crippen molar-refractivity contribution in [3.05, 3.63) is 63.3 Å². The fraction of sp³-hybridized carbons (Fsp3) is 0.312. The average molecular weight is 272 g/mol. The van der Waals surface area contributed by atoms with E-state index < -0.39 is 0 Å². The summed E-state index contributed by atoms with van der Waals surface area (Å²) in [5, 5.41) is 3.38. The number of hydrogen-bond donors (Lipinski definition) is 2. The molecule has 0 amide bonds. The zero-order chi connectivity index (χ0) is 14.1. The maximum absolute atomic E-state index is 13.4. The second kappa shape index (κ2) is 5.12. The zero-order valence-electron chi connectivity index (χ0n) is 11.4. The number of aryl methyl sites for hydroxylation is 2. The van der Waals surface area contributed by atoms with Crippen LogP contribution in [0.3, 0.4) is 0 Å². The summed E-state index contributed by atoms with van der Waals surface area (Å²) >= 11 is 0. The molecule has 20 heavy (non-hydrogen) atoms. The van der Waals surface area contributed by atoms with Crippen LogP contribution < -0.4 is 10.9 Å². The molecule has 0 fully saturated rings. The number of nitrogens with one attached hydrogen (secondary N) is 2. The summed E-state index contributed by atoms with van der Waals surface area (Å²) in [5.74, 6) is -0.231. The Morgan fingerprint density at radius 1 is 1.30 bits per heavy atom. The molecule has 1 aliphatic carbocycles. The van der Waals surface area contributed by atoms with Crippen LogP contribution in [-0.2, 0) is 6.42 Å². The quantitative estimate of drug-likeness (QED) is 0.881. The average Bonchev–Trinajstić information content (AvgIpc) is 2.37. The number of benzene rings is 1. The predicted molar refractivity (Wildman–Crippen MR) is 77.5 cm³/mol. The smallest absolute Gasteiger partial charge is 0.248 e. The number of H-pyrrole nitrogens is 1. The SMILES string of the molecule is Cc1cc(F)cc(NC2CCCc3[nH]c(=O)ccc32)c1. The van der Waals surface area contributed by atoms with Crippen molar-refractivity contribution in [1.29, 1.82) is 0 Å². The maximum Gasteiger partial charge on any atom is 0.248 e. The summed E-state index contributed by atoms with van der Waals surface area (Å²) in [5.41, 5.74) is 3.72. The van der Waals surface area contributed by atoms with Crippen LogP contribution in [0.1, 0.15) is 35.7 Å². The third-order valence-corrected chi connectivity index (χ3v) is 3.71. The van der Waals surface area contributed by atoms with Gasteiger partial charge in [0.1, 0.15) is 5.82 Å². The van der Waals surface area contributed by atoms with Gasteiger partial charge in [0.25, 0.3) is 0 Å². The van der Waals surface area contributed by atoms with Crippen molar-refractivity contribution in [3.63, 3.8) is 0 Å². The molecule has 1 heterocycles. The highest BCUT2D eigenvalue weighted by Crippen LogP contribution is 2.31. The summed E-state index contributed by atoms with van der Waals surface area (Å²) in [6.45, 7) is 1.88. The van der Waals surface area contributed by atoms with E-state index in [2.05, 4.69) is 10.3 Å². The van der Waals surface area contributed by atoms with Crippen molar-refractivity contribution in [2.75, 3.05) is 5.32 Å². The van der Waals surface area contributed by atoms with Gasteiger partial charge in [-0.15, -0.1) is 0 Å². The highest BCUT2D eigenvalue weighted by Gasteiger charge is 2.20. The van der Waals surface area contributed by atoms with Gasteiger partial charge in [-0.1, -0.05) is 0 Å². The minimum absolute atomic E-state index is 0.0639. The number of rotatable bonds is 2. The molecule has 4 heteroatoms. The largest absolute Gasteiger partial charge is 0.378 e. The van der Waals surface area contributed by atoms with E-state index in [1.165, 1.54) is 12.1 Å². The van der Waals surface area contributed by atoms with E-state index in [0.717, 1.165) is 41.8 Å².